The van der Waals surface area contributed by atoms with Gasteiger partial charge in [0, 0.05) is 28.5 Å². The quantitative estimate of drug-likeness (QED) is 0.737. The number of carbonyl (C=O) groups excluding carboxylic acids is 1. The first-order chi connectivity index (χ1) is 12.0. The maximum absolute atomic E-state index is 11.1. The number of ether oxygens (including phenoxy) is 1. The van der Waals surface area contributed by atoms with Gasteiger partial charge in [-0.2, -0.15) is 0 Å². The van der Waals surface area contributed by atoms with Crippen LogP contribution in [-0.2, 0) is 11.2 Å². The summed E-state index contributed by atoms with van der Waals surface area (Å²) in [6.45, 7) is 2.02. The number of methoxy groups -OCH3 is 1. The van der Waals surface area contributed by atoms with Crippen molar-refractivity contribution in [3.05, 3.63) is 59.0 Å². The van der Waals surface area contributed by atoms with Crippen molar-refractivity contribution in [2.75, 3.05) is 12.4 Å². The minimum Gasteiger partial charge on any atom is -0.550 e. The van der Waals surface area contributed by atoms with Gasteiger partial charge < -0.3 is 20.0 Å². The molecule has 5 nitrogen and oxygen atoms in total. The topological polar surface area (TPSA) is 74.3 Å². The lowest BCUT2D eigenvalue weighted by Gasteiger charge is -2.04. The van der Waals surface area contributed by atoms with Crippen LogP contribution in [0.1, 0.15) is 10.4 Å². The molecule has 0 amide bonds. The Bertz CT molecular complexity index is 871. The number of rotatable bonds is 6. The zero-order valence-corrected chi connectivity index (χ0v) is 14.7. The number of hydrogen-bond acceptors (Lipinski definition) is 6. The van der Waals surface area contributed by atoms with E-state index in [-0.39, 0.29) is 6.42 Å². The summed E-state index contributed by atoms with van der Waals surface area (Å²) >= 11 is 1.32. The van der Waals surface area contributed by atoms with Crippen LogP contribution in [0.4, 0.5) is 10.8 Å². The summed E-state index contributed by atoms with van der Waals surface area (Å²) in [5.74, 6) is -0.390. The number of aliphatic carboxylic acids is 1. The highest BCUT2D eigenvalue weighted by molar-refractivity contribution is 7.16. The van der Waals surface area contributed by atoms with Crippen LogP contribution in [0.2, 0.25) is 0 Å². The van der Waals surface area contributed by atoms with Gasteiger partial charge in [0.15, 0.2) is 5.13 Å². The lowest BCUT2D eigenvalue weighted by molar-refractivity contribution is -0.304. The Balaban J connectivity index is 1.93. The highest BCUT2D eigenvalue weighted by Gasteiger charge is 2.14. The molecule has 0 unspecified atom stereocenters. The van der Waals surface area contributed by atoms with Gasteiger partial charge >= 0.3 is 0 Å². The van der Waals surface area contributed by atoms with Crippen LogP contribution in [-0.4, -0.2) is 18.1 Å². The lowest BCUT2D eigenvalue weighted by atomic mass is 10.1. The largest absolute Gasteiger partial charge is 0.550 e. The zero-order valence-electron chi connectivity index (χ0n) is 13.9. The average Bonchev–Trinajstić information content (AvgIpc) is 2.98. The lowest BCUT2D eigenvalue weighted by Crippen LogP contribution is -2.24. The van der Waals surface area contributed by atoms with E-state index in [9.17, 15) is 9.90 Å². The van der Waals surface area contributed by atoms with Gasteiger partial charge in [-0.25, -0.2) is 4.98 Å². The van der Waals surface area contributed by atoms with Crippen molar-refractivity contribution in [2.45, 2.75) is 13.3 Å². The van der Waals surface area contributed by atoms with Gasteiger partial charge in [0.25, 0.3) is 0 Å². The van der Waals surface area contributed by atoms with Crippen molar-refractivity contribution in [1.82, 2.24) is 4.98 Å². The SMILES string of the molecule is COc1ccc(-c2nc(Nc3ccc(C)cc3)sc2CC(=O)[O-])cc1. The summed E-state index contributed by atoms with van der Waals surface area (Å²) in [5, 5.41) is 15.0. The highest BCUT2D eigenvalue weighted by Crippen LogP contribution is 2.33. The van der Waals surface area contributed by atoms with E-state index >= 15 is 0 Å². The fourth-order valence-electron chi connectivity index (χ4n) is 2.39. The molecule has 0 saturated carbocycles. The molecule has 3 rings (SSSR count). The van der Waals surface area contributed by atoms with Gasteiger partial charge in [0.05, 0.1) is 12.8 Å². The smallest absolute Gasteiger partial charge is 0.187 e. The van der Waals surface area contributed by atoms with Crippen LogP contribution in [0.15, 0.2) is 48.5 Å². The number of nitrogens with one attached hydrogen (secondary N) is 1. The number of carbonyl (C=O) groups is 1. The van der Waals surface area contributed by atoms with Crippen LogP contribution in [0.25, 0.3) is 11.3 Å². The second kappa shape index (κ2) is 7.36. The zero-order chi connectivity index (χ0) is 17.8. The Hall–Kier alpha value is -2.86. The molecule has 1 heterocycles. The molecule has 25 heavy (non-hydrogen) atoms. The number of carboxylic acids is 1. The molecule has 0 bridgehead atoms. The van der Waals surface area contributed by atoms with E-state index in [4.69, 9.17) is 4.74 Å². The number of anilines is 2. The van der Waals surface area contributed by atoms with Gasteiger partial charge in [-0.15, -0.1) is 11.3 Å². The van der Waals surface area contributed by atoms with Crippen LogP contribution in [0.3, 0.4) is 0 Å². The van der Waals surface area contributed by atoms with E-state index in [1.807, 2.05) is 55.5 Å². The number of thiazole rings is 1. The van der Waals surface area contributed by atoms with Crippen molar-refractivity contribution >= 4 is 28.1 Å². The summed E-state index contributed by atoms with van der Waals surface area (Å²) in [4.78, 5) is 16.3. The van der Waals surface area contributed by atoms with Gasteiger partial charge in [0.2, 0.25) is 0 Å². The Kier molecular flexibility index (Phi) is 5.00. The van der Waals surface area contributed by atoms with Crippen molar-refractivity contribution in [1.29, 1.82) is 0 Å². The van der Waals surface area contributed by atoms with Gasteiger partial charge in [-0.3, -0.25) is 0 Å². The molecular formula is C19H17N2O3S-. The molecule has 0 fully saturated rings. The average molecular weight is 353 g/mol. The van der Waals surface area contributed by atoms with Crippen LogP contribution >= 0.6 is 11.3 Å². The second-order valence-corrected chi connectivity index (χ2v) is 6.64. The molecule has 0 saturated heterocycles. The molecule has 2 aromatic carbocycles. The fraction of sp³-hybridized carbons (Fsp3) is 0.158. The Morgan fingerprint density at radius 2 is 1.84 bits per heavy atom. The van der Waals surface area contributed by atoms with E-state index in [0.717, 1.165) is 17.0 Å². The maximum Gasteiger partial charge on any atom is 0.187 e. The molecule has 0 spiro atoms. The molecule has 3 aromatic rings. The molecule has 0 aliphatic heterocycles. The van der Waals surface area contributed by atoms with E-state index in [1.165, 1.54) is 16.9 Å². The number of aromatic nitrogens is 1. The predicted molar refractivity (Wildman–Crippen MR) is 97.3 cm³/mol. The number of hydrogen-bond donors (Lipinski definition) is 1. The standard InChI is InChI=1S/C19H18N2O3S/c1-12-3-7-14(8-4-12)20-19-21-18(16(25-19)11-17(22)23)13-5-9-15(24-2)10-6-13/h3-10H,11H2,1-2H3,(H,20,21)(H,22,23)/p-1. The summed E-state index contributed by atoms with van der Waals surface area (Å²) in [5.41, 5.74) is 3.55. The molecule has 0 radical (unpaired) electrons. The van der Waals surface area contributed by atoms with E-state index < -0.39 is 5.97 Å². The van der Waals surface area contributed by atoms with Crippen molar-refractivity contribution in [3.63, 3.8) is 0 Å². The first-order valence-corrected chi connectivity index (χ1v) is 8.54. The van der Waals surface area contributed by atoms with E-state index in [2.05, 4.69) is 10.3 Å². The van der Waals surface area contributed by atoms with Crippen molar-refractivity contribution in [2.24, 2.45) is 0 Å². The number of nitrogens with zero attached hydrogens (tertiary/aromatic N) is 1. The molecule has 0 aliphatic rings. The fourth-order valence-corrected chi connectivity index (χ4v) is 3.38. The molecule has 0 aliphatic carbocycles. The first-order valence-electron chi connectivity index (χ1n) is 7.73. The summed E-state index contributed by atoms with van der Waals surface area (Å²) in [6.07, 6.45) is -0.172. The van der Waals surface area contributed by atoms with Gasteiger partial charge in [-0.1, -0.05) is 17.7 Å². The molecule has 128 valence electrons. The monoisotopic (exact) mass is 353 g/mol. The first kappa shape index (κ1) is 17.0. The third kappa shape index (κ3) is 4.16. The van der Waals surface area contributed by atoms with Gasteiger partial charge in [0.1, 0.15) is 5.75 Å². The molecule has 1 aromatic heterocycles. The number of aryl methyl sites for hydroxylation is 1. The van der Waals surface area contributed by atoms with E-state index in [1.54, 1.807) is 7.11 Å². The molecule has 1 N–H and O–H groups in total. The van der Waals surface area contributed by atoms with Crippen LogP contribution < -0.4 is 15.2 Å². The normalized spacial score (nSPS) is 10.5. The van der Waals surface area contributed by atoms with E-state index in [0.29, 0.717) is 15.7 Å². The summed E-state index contributed by atoms with van der Waals surface area (Å²) in [6, 6.07) is 15.3. The molecular weight excluding hydrogens is 336 g/mol. The highest BCUT2D eigenvalue weighted by atomic mass is 32.1. The van der Waals surface area contributed by atoms with Crippen molar-refractivity contribution < 1.29 is 14.6 Å². The Morgan fingerprint density at radius 1 is 1.16 bits per heavy atom. The Morgan fingerprint density at radius 3 is 2.44 bits per heavy atom. The second-order valence-electron chi connectivity index (χ2n) is 5.56. The van der Waals surface area contributed by atoms with Crippen molar-refractivity contribution in [3.8, 4) is 17.0 Å². The van der Waals surface area contributed by atoms with Crippen LogP contribution in [0.5, 0.6) is 5.75 Å². The third-order valence-electron chi connectivity index (χ3n) is 3.67. The van der Waals surface area contributed by atoms with Crippen LogP contribution in [0, 0.1) is 6.92 Å². The summed E-state index contributed by atoms with van der Waals surface area (Å²) in [7, 11) is 1.60. The Labute approximate surface area is 149 Å². The minimum absolute atomic E-state index is 0.172. The molecule has 6 heteroatoms. The maximum atomic E-state index is 11.1. The predicted octanol–water partition coefficient (Wildman–Crippen LogP) is 3.16. The minimum atomic E-state index is -1.12. The third-order valence-corrected chi connectivity index (χ3v) is 4.64. The summed E-state index contributed by atoms with van der Waals surface area (Å²) < 4.78 is 5.16. The number of benzene rings is 2. The molecule has 0 atom stereocenters. The number of carboxylic acid groups (broad SMARTS) is 1. The van der Waals surface area contributed by atoms with Gasteiger partial charge in [-0.05, 0) is 43.3 Å².